The Bertz CT molecular complexity index is 1050. The number of benzene rings is 1. The highest BCUT2D eigenvalue weighted by atomic mass is 32.1. The molecule has 3 aromatic rings. The second-order valence-electron chi connectivity index (χ2n) is 5.88. The maximum absolute atomic E-state index is 12.7. The molecule has 0 unspecified atom stereocenters. The molecule has 8 nitrogen and oxygen atoms in total. The van der Waals surface area contributed by atoms with Crippen LogP contribution in [0.2, 0.25) is 0 Å². The van der Waals surface area contributed by atoms with E-state index < -0.39 is 0 Å². The van der Waals surface area contributed by atoms with Gasteiger partial charge in [0.15, 0.2) is 22.1 Å². The van der Waals surface area contributed by atoms with Gasteiger partial charge in [-0.05, 0) is 44.3 Å². The molecule has 0 fully saturated rings. The summed E-state index contributed by atoms with van der Waals surface area (Å²) in [6, 6.07) is 5.55. The Kier molecular flexibility index (Phi) is 6.10. The first-order valence-electron chi connectivity index (χ1n) is 8.60. The summed E-state index contributed by atoms with van der Waals surface area (Å²) in [6.07, 6.45) is 0. The lowest BCUT2D eigenvalue weighted by atomic mass is 10.2. The summed E-state index contributed by atoms with van der Waals surface area (Å²) in [5.74, 6) is 1.74. The van der Waals surface area contributed by atoms with Crippen LogP contribution in [0, 0.1) is 11.7 Å². The Morgan fingerprint density at radius 2 is 2.07 bits per heavy atom. The number of hydrogen-bond donors (Lipinski definition) is 2. The zero-order chi connectivity index (χ0) is 20.3. The number of carbonyl (C=O) groups is 1. The topological polar surface area (TPSA) is 94.1 Å². The minimum atomic E-state index is -0.196. The van der Waals surface area contributed by atoms with E-state index in [4.69, 9.17) is 21.7 Å². The van der Waals surface area contributed by atoms with Gasteiger partial charge in [-0.3, -0.25) is 9.89 Å². The fourth-order valence-electron chi connectivity index (χ4n) is 2.75. The van der Waals surface area contributed by atoms with Crippen LogP contribution in [0.3, 0.4) is 0 Å². The average molecular weight is 420 g/mol. The Balaban J connectivity index is 1.80. The van der Waals surface area contributed by atoms with E-state index in [9.17, 15) is 4.79 Å². The number of thiazole rings is 1. The van der Waals surface area contributed by atoms with Gasteiger partial charge in [0.05, 0.1) is 26.5 Å². The molecule has 0 radical (unpaired) electrons. The summed E-state index contributed by atoms with van der Waals surface area (Å²) < 4.78 is 13.0. The van der Waals surface area contributed by atoms with E-state index in [-0.39, 0.29) is 12.5 Å². The van der Waals surface area contributed by atoms with Crippen LogP contribution in [-0.2, 0) is 13.1 Å². The van der Waals surface area contributed by atoms with Crippen molar-refractivity contribution in [2.75, 3.05) is 14.2 Å². The smallest absolute Gasteiger partial charge is 0.263 e. The number of amides is 1. The molecule has 0 saturated heterocycles. The minimum absolute atomic E-state index is 0.196. The molecule has 10 heteroatoms. The first kappa shape index (κ1) is 20.0. The molecular formula is C18H21N5O3S2. The number of rotatable bonds is 7. The van der Waals surface area contributed by atoms with Gasteiger partial charge in [-0.25, -0.2) is 4.98 Å². The van der Waals surface area contributed by atoms with E-state index in [1.165, 1.54) is 11.3 Å². The summed E-state index contributed by atoms with van der Waals surface area (Å²) in [5, 5.41) is 10.5. The van der Waals surface area contributed by atoms with E-state index >= 15 is 0 Å². The fourth-order valence-corrected chi connectivity index (χ4v) is 4.01. The monoisotopic (exact) mass is 419 g/mol. The normalized spacial score (nSPS) is 10.7. The lowest BCUT2D eigenvalue weighted by Gasteiger charge is -2.08. The number of hydrogen-bond acceptors (Lipinski definition) is 7. The summed E-state index contributed by atoms with van der Waals surface area (Å²) >= 11 is 6.50. The van der Waals surface area contributed by atoms with E-state index in [0.717, 1.165) is 10.6 Å². The third kappa shape index (κ3) is 3.92. The van der Waals surface area contributed by atoms with E-state index in [1.807, 2.05) is 36.6 Å². The second-order valence-corrected chi connectivity index (χ2v) is 7.26. The Hall–Kier alpha value is -2.72. The van der Waals surface area contributed by atoms with Gasteiger partial charge in [0.25, 0.3) is 5.91 Å². The first-order valence-corrected chi connectivity index (χ1v) is 9.83. The van der Waals surface area contributed by atoms with Crippen molar-refractivity contribution in [1.82, 2.24) is 25.1 Å². The number of carbonyl (C=O) groups excluding carboxylic acids is 1. The number of aryl methyl sites for hydroxylation is 1. The third-order valence-corrected chi connectivity index (χ3v) is 5.71. The molecule has 28 heavy (non-hydrogen) atoms. The van der Waals surface area contributed by atoms with Crippen LogP contribution in [0.25, 0.3) is 10.6 Å². The van der Waals surface area contributed by atoms with Crippen molar-refractivity contribution in [3.05, 3.63) is 39.4 Å². The molecule has 0 bridgehead atoms. The lowest BCUT2D eigenvalue weighted by molar-refractivity contribution is 0.0952. The van der Waals surface area contributed by atoms with Crippen molar-refractivity contribution in [3.63, 3.8) is 0 Å². The van der Waals surface area contributed by atoms with Gasteiger partial charge in [0.2, 0.25) is 0 Å². The van der Waals surface area contributed by atoms with Crippen molar-refractivity contribution < 1.29 is 14.3 Å². The largest absolute Gasteiger partial charge is 0.493 e. The summed E-state index contributed by atoms with van der Waals surface area (Å²) in [7, 11) is 3.17. The van der Waals surface area contributed by atoms with Gasteiger partial charge >= 0.3 is 0 Å². The Morgan fingerprint density at radius 1 is 1.32 bits per heavy atom. The van der Waals surface area contributed by atoms with Crippen LogP contribution in [0.4, 0.5) is 0 Å². The molecule has 0 atom stereocenters. The summed E-state index contributed by atoms with van der Waals surface area (Å²) in [5.41, 5.74) is 1.53. The number of nitrogens with one attached hydrogen (secondary N) is 2. The Morgan fingerprint density at radius 3 is 2.75 bits per heavy atom. The van der Waals surface area contributed by atoms with Gasteiger partial charge in [-0.1, -0.05) is 0 Å². The molecule has 2 N–H and O–H groups in total. The number of methoxy groups -OCH3 is 2. The maximum atomic E-state index is 12.7. The Labute approximate surface area is 171 Å². The average Bonchev–Trinajstić information content (AvgIpc) is 3.27. The van der Waals surface area contributed by atoms with Gasteiger partial charge < -0.3 is 19.4 Å². The molecule has 0 aliphatic carbocycles. The predicted molar refractivity (Wildman–Crippen MR) is 110 cm³/mol. The van der Waals surface area contributed by atoms with Crippen molar-refractivity contribution in [2.24, 2.45) is 0 Å². The standard InChI is InChI=1S/C18H21N5O3S2/c1-5-23-14(21-22-18(23)27)9-19-16(24)15-10(2)20-17(28-15)11-6-7-12(25-3)13(8-11)26-4/h6-8H,5,9H2,1-4H3,(H,19,24)(H,22,27). The molecule has 0 aliphatic rings. The molecule has 2 aromatic heterocycles. The van der Waals surface area contributed by atoms with Crippen molar-refractivity contribution in [1.29, 1.82) is 0 Å². The predicted octanol–water partition coefficient (Wildman–Crippen LogP) is 3.34. The molecule has 1 aromatic carbocycles. The van der Waals surface area contributed by atoms with Crippen LogP contribution in [0.5, 0.6) is 11.5 Å². The zero-order valence-corrected chi connectivity index (χ0v) is 17.7. The molecule has 0 saturated carbocycles. The van der Waals surface area contributed by atoms with Gasteiger partial charge in [0.1, 0.15) is 9.88 Å². The number of H-pyrrole nitrogens is 1. The van der Waals surface area contributed by atoms with Crippen LogP contribution in [0.1, 0.15) is 28.1 Å². The maximum Gasteiger partial charge on any atom is 0.263 e. The van der Waals surface area contributed by atoms with E-state index in [2.05, 4.69) is 20.5 Å². The number of aromatic nitrogens is 4. The summed E-state index contributed by atoms with van der Waals surface area (Å²) in [6.45, 7) is 4.75. The second kappa shape index (κ2) is 8.53. The van der Waals surface area contributed by atoms with Gasteiger partial charge in [-0.15, -0.1) is 11.3 Å². The highest BCUT2D eigenvalue weighted by molar-refractivity contribution is 7.71. The molecule has 3 rings (SSSR count). The SMILES string of the molecule is CCn1c(CNC(=O)c2sc(-c3ccc(OC)c(OC)c3)nc2C)n[nH]c1=S. The highest BCUT2D eigenvalue weighted by Gasteiger charge is 2.18. The van der Waals surface area contributed by atoms with Crippen LogP contribution in [0.15, 0.2) is 18.2 Å². The van der Waals surface area contributed by atoms with Crippen molar-refractivity contribution in [3.8, 4) is 22.1 Å². The van der Waals surface area contributed by atoms with Crippen molar-refractivity contribution in [2.45, 2.75) is 26.9 Å². The number of ether oxygens (including phenoxy) is 2. The lowest BCUT2D eigenvalue weighted by Crippen LogP contribution is -2.24. The number of nitrogens with zero attached hydrogens (tertiary/aromatic N) is 3. The van der Waals surface area contributed by atoms with E-state index in [0.29, 0.717) is 39.2 Å². The molecule has 148 valence electrons. The van der Waals surface area contributed by atoms with Crippen LogP contribution < -0.4 is 14.8 Å². The number of aromatic amines is 1. The van der Waals surface area contributed by atoms with E-state index in [1.54, 1.807) is 14.2 Å². The van der Waals surface area contributed by atoms with Gasteiger partial charge in [-0.2, -0.15) is 5.10 Å². The minimum Gasteiger partial charge on any atom is -0.493 e. The third-order valence-electron chi connectivity index (χ3n) is 4.19. The molecule has 0 spiro atoms. The quantitative estimate of drug-likeness (QED) is 0.571. The molecule has 2 heterocycles. The van der Waals surface area contributed by atoms with Gasteiger partial charge in [0, 0.05) is 12.1 Å². The molecular weight excluding hydrogens is 398 g/mol. The molecule has 1 amide bonds. The van der Waals surface area contributed by atoms with Crippen LogP contribution in [-0.4, -0.2) is 39.9 Å². The fraction of sp³-hybridized carbons (Fsp3) is 0.333. The zero-order valence-electron chi connectivity index (χ0n) is 16.0. The van der Waals surface area contributed by atoms with Crippen molar-refractivity contribution >= 4 is 29.5 Å². The molecule has 0 aliphatic heterocycles. The summed E-state index contributed by atoms with van der Waals surface area (Å²) in [4.78, 5) is 17.8. The first-order chi connectivity index (χ1) is 13.5. The van der Waals surface area contributed by atoms with Crippen LogP contribution >= 0.6 is 23.6 Å². The highest BCUT2D eigenvalue weighted by Crippen LogP contribution is 2.34.